The van der Waals surface area contributed by atoms with Crippen molar-refractivity contribution >= 4 is 11.9 Å². The van der Waals surface area contributed by atoms with Gasteiger partial charge < -0.3 is 14.6 Å². The lowest BCUT2D eigenvalue weighted by atomic mass is 10.2. The summed E-state index contributed by atoms with van der Waals surface area (Å²) >= 11 is 0. The van der Waals surface area contributed by atoms with Crippen LogP contribution in [0.3, 0.4) is 0 Å². The smallest absolute Gasteiger partial charge is 0.339 e. The van der Waals surface area contributed by atoms with Crippen molar-refractivity contribution in [1.29, 1.82) is 0 Å². The van der Waals surface area contributed by atoms with E-state index in [1.54, 1.807) is 24.3 Å². The number of rotatable bonds is 4. The number of phenols is 1. The van der Waals surface area contributed by atoms with Gasteiger partial charge in [-0.15, -0.1) is 0 Å². The molecule has 5 heteroatoms. The maximum atomic E-state index is 11.7. The highest BCUT2D eigenvalue weighted by molar-refractivity contribution is 5.89. The summed E-state index contributed by atoms with van der Waals surface area (Å²) in [5.41, 5.74) is 0.908. The Balaban J connectivity index is 1.93. The van der Waals surface area contributed by atoms with Crippen LogP contribution < -0.4 is 4.74 Å². The van der Waals surface area contributed by atoms with Crippen molar-refractivity contribution in [3.05, 3.63) is 59.7 Å². The first-order valence-corrected chi connectivity index (χ1v) is 6.20. The monoisotopic (exact) mass is 285 g/mol. The van der Waals surface area contributed by atoms with Gasteiger partial charge >= 0.3 is 11.9 Å². The third-order valence-corrected chi connectivity index (χ3v) is 2.55. The average molecular weight is 285 g/mol. The number of hydrogen-bond acceptors (Lipinski definition) is 5. The molecular weight excluding hydrogens is 272 g/mol. The first-order valence-electron chi connectivity index (χ1n) is 6.20. The van der Waals surface area contributed by atoms with Crippen molar-refractivity contribution in [3.8, 4) is 11.5 Å². The molecule has 0 bridgehead atoms. The molecule has 2 rings (SSSR count). The van der Waals surface area contributed by atoms with Gasteiger partial charge in [0.15, 0.2) is 0 Å². The van der Waals surface area contributed by atoms with Gasteiger partial charge in [0, 0.05) is 13.0 Å². The fourth-order valence-corrected chi connectivity index (χ4v) is 1.62. The highest BCUT2D eigenvalue weighted by Gasteiger charge is 2.08. The third kappa shape index (κ3) is 4.35. The lowest BCUT2D eigenvalue weighted by Crippen LogP contribution is -2.05. The van der Waals surface area contributed by atoms with E-state index in [1.165, 1.54) is 25.1 Å². The number of ether oxygens (including phenoxy) is 2. The number of esters is 2. The summed E-state index contributed by atoms with van der Waals surface area (Å²) in [5.74, 6) is -0.655. The predicted octanol–water partition coefficient (Wildman–Crippen LogP) is 2.47. The van der Waals surface area contributed by atoms with Gasteiger partial charge in [0.1, 0.15) is 18.1 Å². The molecular formula is C16H13O5. The van der Waals surface area contributed by atoms with Crippen molar-refractivity contribution in [1.82, 2.24) is 0 Å². The molecule has 0 unspecified atom stereocenters. The second kappa shape index (κ2) is 6.56. The van der Waals surface area contributed by atoms with Gasteiger partial charge in [-0.1, -0.05) is 18.2 Å². The van der Waals surface area contributed by atoms with Crippen LogP contribution in [0.25, 0.3) is 0 Å². The Morgan fingerprint density at radius 2 is 1.86 bits per heavy atom. The molecule has 107 valence electrons. The van der Waals surface area contributed by atoms with Crippen molar-refractivity contribution in [2.24, 2.45) is 0 Å². The lowest BCUT2D eigenvalue weighted by molar-refractivity contribution is -0.131. The maximum absolute atomic E-state index is 11.7. The van der Waals surface area contributed by atoms with Crippen LogP contribution in [0.5, 0.6) is 11.5 Å². The predicted molar refractivity (Wildman–Crippen MR) is 73.8 cm³/mol. The van der Waals surface area contributed by atoms with E-state index in [4.69, 9.17) is 9.47 Å². The van der Waals surface area contributed by atoms with E-state index in [9.17, 15) is 14.7 Å². The van der Waals surface area contributed by atoms with Gasteiger partial charge in [-0.2, -0.15) is 0 Å². The van der Waals surface area contributed by atoms with Gasteiger partial charge in [-0.05, 0) is 29.8 Å². The second-order valence-electron chi connectivity index (χ2n) is 4.26. The molecule has 2 aromatic rings. The van der Waals surface area contributed by atoms with Crippen LogP contribution in [0.2, 0.25) is 0 Å². The normalized spacial score (nSPS) is 9.95. The Labute approximate surface area is 121 Å². The molecule has 0 heterocycles. The summed E-state index contributed by atoms with van der Waals surface area (Å²) in [6.07, 6.45) is 0. The minimum absolute atomic E-state index is 0.0721. The summed E-state index contributed by atoms with van der Waals surface area (Å²) in [4.78, 5) is 22.5. The molecule has 0 saturated carbocycles. The number of carbonyl (C=O) groups excluding carboxylic acids is 2. The van der Waals surface area contributed by atoms with E-state index >= 15 is 0 Å². The van der Waals surface area contributed by atoms with E-state index in [0.29, 0.717) is 5.75 Å². The average Bonchev–Trinajstić information content (AvgIpc) is 2.45. The molecule has 0 aliphatic carbocycles. The first kappa shape index (κ1) is 14.6. The highest BCUT2D eigenvalue weighted by Crippen LogP contribution is 2.15. The number of hydrogen-bond donors (Lipinski definition) is 1. The summed E-state index contributed by atoms with van der Waals surface area (Å²) in [5, 5.41) is 9.24. The minimum Gasteiger partial charge on any atom is -0.507 e. The van der Waals surface area contributed by atoms with Crippen molar-refractivity contribution in [2.75, 3.05) is 0 Å². The zero-order chi connectivity index (χ0) is 15.2. The Morgan fingerprint density at radius 1 is 1.14 bits per heavy atom. The lowest BCUT2D eigenvalue weighted by Gasteiger charge is -2.06. The SMILES string of the molecule is CC(=O)Oc1ccc(COC(=O)c2[c]c(O)ccc2)cc1. The van der Waals surface area contributed by atoms with Crippen molar-refractivity contribution < 1.29 is 24.2 Å². The Morgan fingerprint density at radius 3 is 2.48 bits per heavy atom. The number of aromatic hydroxyl groups is 1. The molecule has 21 heavy (non-hydrogen) atoms. The highest BCUT2D eigenvalue weighted by atomic mass is 16.5. The van der Waals surface area contributed by atoms with Crippen LogP contribution in [0.4, 0.5) is 0 Å². The van der Waals surface area contributed by atoms with E-state index in [2.05, 4.69) is 6.07 Å². The largest absolute Gasteiger partial charge is 0.507 e. The fourth-order valence-electron chi connectivity index (χ4n) is 1.62. The summed E-state index contributed by atoms with van der Waals surface area (Å²) in [6.45, 7) is 1.39. The first-order chi connectivity index (χ1) is 10.0. The molecule has 5 nitrogen and oxygen atoms in total. The van der Waals surface area contributed by atoms with Crippen LogP contribution >= 0.6 is 0 Å². The van der Waals surface area contributed by atoms with Gasteiger partial charge in [0.25, 0.3) is 0 Å². The van der Waals surface area contributed by atoms with Crippen LogP contribution in [0.1, 0.15) is 22.8 Å². The molecule has 0 spiro atoms. The van der Waals surface area contributed by atoms with E-state index in [-0.39, 0.29) is 17.9 Å². The maximum Gasteiger partial charge on any atom is 0.339 e. The van der Waals surface area contributed by atoms with Crippen LogP contribution in [0, 0.1) is 6.07 Å². The molecule has 0 fully saturated rings. The summed E-state index contributed by atoms with van der Waals surface area (Å²) < 4.78 is 10.00. The van der Waals surface area contributed by atoms with E-state index in [0.717, 1.165) is 5.56 Å². The molecule has 0 atom stereocenters. The Bertz CT molecular complexity index is 646. The molecule has 0 aliphatic rings. The third-order valence-electron chi connectivity index (χ3n) is 2.55. The molecule has 1 N–H and O–H groups in total. The number of carbonyl (C=O) groups is 2. The van der Waals surface area contributed by atoms with E-state index < -0.39 is 11.9 Å². The summed E-state index contributed by atoms with van der Waals surface area (Å²) in [7, 11) is 0. The standard InChI is InChI=1S/C16H13O5/c1-11(17)21-15-7-5-12(6-8-15)10-20-16(19)13-3-2-4-14(18)9-13/h2-8,18H,10H2,1H3. The minimum atomic E-state index is -0.574. The van der Waals surface area contributed by atoms with Gasteiger partial charge in [-0.25, -0.2) is 4.79 Å². The van der Waals surface area contributed by atoms with Gasteiger partial charge in [-0.3, -0.25) is 4.79 Å². The van der Waals surface area contributed by atoms with Gasteiger partial charge in [0.05, 0.1) is 5.56 Å². The van der Waals surface area contributed by atoms with Crippen molar-refractivity contribution in [3.63, 3.8) is 0 Å². The molecule has 0 aromatic heterocycles. The second-order valence-corrected chi connectivity index (χ2v) is 4.26. The zero-order valence-corrected chi connectivity index (χ0v) is 11.3. The van der Waals surface area contributed by atoms with Crippen LogP contribution in [0.15, 0.2) is 42.5 Å². The molecule has 1 radical (unpaired) electrons. The molecule has 2 aromatic carbocycles. The molecule has 0 aliphatic heterocycles. The van der Waals surface area contributed by atoms with Gasteiger partial charge in [0.2, 0.25) is 0 Å². The Kier molecular flexibility index (Phi) is 4.56. The number of benzene rings is 2. The molecule has 0 saturated heterocycles. The topological polar surface area (TPSA) is 72.8 Å². The Hall–Kier alpha value is -2.82. The summed E-state index contributed by atoms with van der Waals surface area (Å²) in [6, 6.07) is 13.6. The number of phenolic OH excluding ortho intramolecular Hbond substituents is 1. The quantitative estimate of drug-likeness (QED) is 0.690. The fraction of sp³-hybridized carbons (Fsp3) is 0.125. The van der Waals surface area contributed by atoms with Crippen LogP contribution in [-0.4, -0.2) is 17.0 Å². The van der Waals surface area contributed by atoms with Crippen LogP contribution in [-0.2, 0) is 16.1 Å². The zero-order valence-electron chi connectivity index (χ0n) is 11.3. The van der Waals surface area contributed by atoms with E-state index in [1.807, 2.05) is 0 Å². The van der Waals surface area contributed by atoms with Crippen molar-refractivity contribution in [2.45, 2.75) is 13.5 Å². The molecule has 0 amide bonds.